The summed E-state index contributed by atoms with van der Waals surface area (Å²) in [5, 5.41) is 27.8. The van der Waals surface area contributed by atoms with Crippen LogP contribution in [0.2, 0.25) is 0 Å². The standard InChI is InChI=1S/C36H46N6O8/c1-20(2)31-35(47)38-26(16-24-9-7-6-8-10-24)19-49-27-13-11-25(12-14-27)17-29(39-30(44)18-28-15-21(3)42-50-28)34(46)37-22(4)33(45)41-32(23(5)43)36(48)40-31/h6-15,20,22-23,26,29,31-32,43H,16-19H2,1-5H3,(H,37,46)(H,38,47)(H,39,44)(H,40,48)(H,41,45)/t22-,23-,26+,29+,31-,32+/m1/s1. The summed E-state index contributed by atoms with van der Waals surface area (Å²) in [4.78, 5) is 66.8. The SMILES string of the molecule is Cc1cc(CC(=O)N[C@H]2Cc3ccc(cc3)OC[C@H](Cc3ccccc3)NC(=O)[C@@H](C(C)C)NC(=O)[C@H]([C@@H](C)O)NC(=O)[C@@H](C)NC2=O)on1. The minimum absolute atomic E-state index is 0.0730. The van der Waals surface area contributed by atoms with Gasteiger partial charge in [-0.1, -0.05) is 61.5 Å². The van der Waals surface area contributed by atoms with Crippen LogP contribution < -0.4 is 31.3 Å². The number of fused-ring (bicyclic) bond motifs is 17. The minimum Gasteiger partial charge on any atom is -0.491 e. The Hall–Kier alpha value is -5.24. The minimum atomic E-state index is -1.44. The van der Waals surface area contributed by atoms with Crippen LogP contribution in [0, 0.1) is 12.8 Å². The number of nitrogens with one attached hydrogen (secondary N) is 5. The molecule has 0 spiro atoms. The molecule has 268 valence electrons. The number of aromatic nitrogens is 1. The first-order chi connectivity index (χ1) is 23.8. The quantitative estimate of drug-likeness (QED) is 0.195. The topological polar surface area (TPSA) is 201 Å². The van der Waals surface area contributed by atoms with Crippen molar-refractivity contribution in [1.82, 2.24) is 31.7 Å². The molecule has 6 atom stereocenters. The van der Waals surface area contributed by atoms with Crippen LogP contribution in [-0.2, 0) is 43.2 Å². The van der Waals surface area contributed by atoms with Crippen LogP contribution in [0.15, 0.2) is 65.2 Å². The number of amides is 5. The van der Waals surface area contributed by atoms with E-state index in [2.05, 4.69) is 31.7 Å². The normalized spacial score (nSPS) is 23.1. The molecule has 5 amide bonds. The molecule has 0 unspecified atom stereocenters. The van der Waals surface area contributed by atoms with Gasteiger partial charge in [-0.2, -0.15) is 0 Å². The van der Waals surface area contributed by atoms with Crippen molar-refractivity contribution in [2.24, 2.45) is 5.92 Å². The molecule has 0 fully saturated rings. The number of aliphatic hydroxyl groups is 1. The van der Waals surface area contributed by atoms with E-state index < -0.39 is 65.8 Å². The lowest BCUT2D eigenvalue weighted by Crippen LogP contribution is -2.61. The summed E-state index contributed by atoms with van der Waals surface area (Å²) in [6.45, 7) is 8.10. The summed E-state index contributed by atoms with van der Waals surface area (Å²) < 4.78 is 11.2. The summed E-state index contributed by atoms with van der Waals surface area (Å²) >= 11 is 0. The van der Waals surface area contributed by atoms with Gasteiger partial charge in [0.2, 0.25) is 29.5 Å². The van der Waals surface area contributed by atoms with Crippen molar-refractivity contribution in [2.75, 3.05) is 6.61 Å². The van der Waals surface area contributed by atoms with Crippen molar-refractivity contribution in [2.45, 2.75) is 90.2 Å². The molecule has 2 aliphatic rings. The van der Waals surface area contributed by atoms with Crippen molar-refractivity contribution in [1.29, 1.82) is 0 Å². The Morgan fingerprint density at radius 3 is 2.18 bits per heavy atom. The maximum atomic E-state index is 13.6. The molecule has 6 N–H and O–H groups in total. The Balaban J connectivity index is 1.63. The van der Waals surface area contributed by atoms with E-state index in [0.29, 0.717) is 29.2 Å². The van der Waals surface area contributed by atoms with Crippen molar-refractivity contribution in [3.63, 3.8) is 0 Å². The Bertz CT molecular complexity index is 1620. The molecule has 2 bridgehead atoms. The number of nitrogens with zero attached hydrogens (tertiary/aromatic N) is 1. The monoisotopic (exact) mass is 690 g/mol. The molecule has 14 heteroatoms. The van der Waals surface area contributed by atoms with E-state index in [4.69, 9.17) is 9.26 Å². The second-order valence-electron chi connectivity index (χ2n) is 13.0. The fourth-order valence-electron chi connectivity index (χ4n) is 5.45. The first-order valence-corrected chi connectivity index (χ1v) is 16.7. The van der Waals surface area contributed by atoms with Gasteiger partial charge >= 0.3 is 0 Å². The van der Waals surface area contributed by atoms with Crippen LogP contribution in [0.25, 0.3) is 0 Å². The number of ether oxygens (including phenoxy) is 1. The van der Waals surface area contributed by atoms with Gasteiger partial charge in [0.25, 0.3) is 0 Å². The summed E-state index contributed by atoms with van der Waals surface area (Å²) in [7, 11) is 0. The van der Waals surface area contributed by atoms with Crippen LogP contribution in [0.5, 0.6) is 5.75 Å². The molecule has 5 rings (SSSR count). The lowest BCUT2D eigenvalue weighted by atomic mass is 10.0. The largest absolute Gasteiger partial charge is 0.491 e. The maximum absolute atomic E-state index is 13.6. The molecule has 14 nitrogen and oxygen atoms in total. The third-order valence-electron chi connectivity index (χ3n) is 8.21. The average Bonchev–Trinajstić information content (AvgIpc) is 3.48. The van der Waals surface area contributed by atoms with Crippen LogP contribution >= 0.6 is 0 Å². The fraction of sp³-hybridized carbons (Fsp3) is 0.444. The molecule has 0 saturated carbocycles. The van der Waals surface area contributed by atoms with Gasteiger partial charge in [0.05, 0.1) is 24.3 Å². The van der Waals surface area contributed by atoms with Crippen molar-refractivity contribution in [3.8, 4) is 5.75 Å². The van der Waals surface area contributed by atoms with E-state index in [1.54, 1.807) is 51.1 Å². The Kier molecular flexibility index (Phi) is 13.1. The van der Waals surface area contributed by atoms with E-state index in [1.807, 2.05) is 30.3 Å². The molecule has 2 aliphatic heterocycles. The zero-order valence-corrected chi connectivity index (χ0v) is 28.9. The Morgan fingerprint density at radius 1 is 0.900 bits per heavy atom. The molecule has 2 aromatic carbocycles. The van der Waals surface area contributed by atoms with Gasteiger partial charge in [0, 0.05) is 12.5 Å². The van der Waals surface area contributed by atoms with E-state index in [0.717, 1.165) is 5.56 Å². The van der Waals surface area contributed by atoms with Crippen molar-refractivity contribution < 1.29 is 38.3 Å². The highest BCUT2D eigenvalue weighted by molar-refractivity contribution is 5.95. The zero-order chi connectivity index (χ0) is 36.4. The number of carbonyl (C=O) groups is 5. The lowest BCUT2D eigenvalue weighted by Gasteiger charge is -2.29. The number of carbonyl (C=O) groups excluding carboxylic acids is 5. The number of hydrogen-bond acceptors (Lipinski definition) is 9. The van der Waals surface area contributed by atoms with Crippen LogP contribution in [0.4, 0.5) is 0 Å². The molecule has 0 aliphatic carbocycles. The number of hydrogen-bond donors (Lipinski definition) is 6. The molecule has 3 aromatic rings. The highest BCUT2D eigenvalue weighted by Gasteiger charge is 2.34. The molecule has 3 heterocycles. The Labute approximate surface area is 291 Å². The van der Waals surface area contributed by atoms with Crippen LogP contribution in [-0.4, -0.2) is 82.7 Å². The third-order valence-corrected chi connectivity index (χ3v) is 8.21. The molecule has 0 radical (unpaired) electrons. The maximum Gasteiger partial charge on any atom is 0.245 e. The third kappa shape index (κ3) is 10.9. The van der Waals surface area contributed by atoms with E-state index in [-0.39, 0.29) is 25.4 Å². The van der Waals surface area contributed by atoms with Gasteiger partial charge in [0.1, 0.15) is 42.3 Å². The number of aliphatic hydroxyl groups excluding tert-OH is 1. The number of benzene rings is 2. The van der Waals surface area contributed by atoms with Crippen molar-refractivity contribution >= 4 is 29.5 Å². The van der Waals surface area contributed by atoms with Crippen LogP contribution in [0.3, 0.4) is 0 Å². The highest BCUT2D eigenvalue weighted by atomic mass is 16.5. The summed E-state index contributed by atoms with van der Waals surface area (Å²) in [6.07, 6.45) is -0.984. The number of aryl methyl sites for hydroxylation is 1. The van der Waals surface area contributed by atoms with Gasteiger partial charge in [0.15, 0.2) is 0 Å². The van der Waals surface area contributed by atoms with Gasteiger partial charge in [-0.15, -0.1) is 0 Å². The van der Waals surface area contributed by atoms with Gasteiger partial charge in [-0.3, -0.25) is 24.0 Å². The smallest absolute Gasteiger partial charge is 0.245 e. The van der Waals surface area contributed by atoms with Crippen molar-refractivity contribution in [3.05, 3.63) is 83.2 Å². The first-order valence-electron chi connectivity index (χ1n) is 16.7. The molecule has 0 saturated heterocycles. The molecular formula is C36H46N6O8. The van der Waals surface area contributed by atoms with Crippen LogP contribution in [0.1, 0.15) is 50.3 Å². The second kappa shape index (κ2) is 17.4. The fourth-order valence-corrected chi connectivity index (χ4v) is 5.45. The van der Waals surface area contributed by atoms with E-state index in [9.17, 15) is 29.1 Å². The predicted molar refractivity (Wildman–Crippen MR) is 183 cm³/mol. The summed E-state index contributed by atoms with van der Waals surface area (Å²) in [5.74, 6) is -2.65. The summed E-state index contributed by atoms with van der Waals surface area (Å²) in [5.41, 5.74) is 2.26. The van der Waals surface area contributed by atoms with E-state index in [1.165, 1.54) is 13.8 Å². The zero-order valence-electron chi connectivity index (χ0n) is 28.9. The molecule has 50 heavy (non-hydrogen) atoms. The predicted octanol–water partition coefficient (Wildman–Crippen LogP) is 0.884. The van der Waals surface area contributed by atoms with E-state index >= 15 is 0 Å². The highest BCUT2D eigenvalue weighted by Crippen LogP contribution is 2.16. The summed E-state index contributed by atoms with van der Waals surface area (Å²) in [6, 6.07) is 13.0. The Morgan fingerprint density at radius 2 is 1.56 bits per heavy atom. The molecular weight excluding hydrogens is 644 g/mol. The van der Waals surface area contributed by atoms with Gasteiger partial charge < -0.3 is 41.0 Å². The van der Waals surface area contributed by atoms with Gasteiger partial charge in [-0.05, 0) is 56.4 Å². The average molecular weight is 691 g/mol. The number of rotatable bonds is 7. The lowest BCUT2D eigenvalue weighted by molar-refractivity contribution is -0.136. The molecule has 1 aromatic heterocycles. The van der Waals surface area contributed by atoms with Gasteiger partial charge in [-0.25, -0.2) is 0 Å². The second-order valence-corrected chi connectivity index (χ2v) is 13.0. The first kappa shape index (κ1) is 37.6.